The third-order valence-electron chi connectivity index (χ3n) is 2.76. The van der Waals surface area contributed by atoms with Crippen molar-refractivity contribution >= 4 is 66.6 Å². The fourth-order valence-corrected chi connectivity index (χ4v) is 2.85. The van der Waals surface area contributed by atoms with Gasteiger partial charge in [-0.2, -0.15) is 0 Å². The van der Waals surface area contributed by atoms with Crippen LogP contribution in [0.5, 0.6) is 0 Å². The van der Waals surface area contributed by atoms with Crippen LogP contribution in [0.4, 0.5) is 0 Å². The molecule has 4 nitrogen and oxygen atoms in total. The first-order chi connectivity index (χ1) is 10.5. The fraction of sp³-hybridized carbons (Fsp3) is 0.571. The highest BCUT2D eigenvalue weighted by Crippen LogP contribution is 2.30. The molecular formula is C14H16Br2Cl2O4. The lowest BCUT2D eigenvalue weighted by molar-refractivity contribution is -0.120. The van der Waals surface area contributed by atoms with Crippen LogP contribution in [-0.4, -0.2) is 35.4 Å². The molecule has 0 fully saturated rings. The summed E-state index contributed by atoms with van der Waals surface area (Å²) in [6.07, 6.45) is 3.24. The van der Waals surface area contributed by atoms with Gasteiger partial charge in [-0.05, 0) is 25.7 Å². The summed E-state index contributed by atoms with van der Waals surface area (Å²) in [6, 6.07) is 0. The molecule has 0 amide bonds. The number of carbonyl (C=O) groups is 2. The number of alkyl halides is 2. The molecule has 0 aromatic heterocycles. The number of hydrogen-bond donors (Lipinski definition) is 0. The topological polar surface area (TPSA) is 52.6 Å². The molecule has 124 valence electrons. The van der Waals surface area contributed by atoms with Crippen molar-refractivity contribution in [3.05, 3.63) is 21.6 Å². The summed E-state index contributed by atoms with van der Waals surface area (Å²) in [6.45, 7) is 0.587. The predicted octanol–water partition coefficient (Wildman–Crippen LogP) is 4.42. The molecule has 0 spiro atoms. The van der Waals surface area contributed by atoms with Crippen molar-refractivity contribution in [2.24, 2.45) is 0 Å². The Morgan fingerprint density at radius 3 is 1.41 bits per heavy atom. The van der Waals surface area contributed by atoms with Crippen LogP contribution < -0.4 is 0 Å². The number of rotatable bonds is 10. The van der Waals surface area contributed by atoms with Gasteiger partial charge in [0.2, 0.25) is 11.6 Å². The average Bonchev–Trinajstić information content (AvgIpc) is 2.51. The Morgan fingerprint density at radius 2 is 1.09 bits per heavy atom. The van der Waals surface area contributed by atoms with E-state index in [9.17, 15) is 9.59 Å². The van der Waals surface area contributed by atoms with E-state index >= 15 is 0 Å². The van der Waals surface area contributed by atoms with Crippen molar-refractivity contribution in [1.82, 2.24) is 0 Å². The first kappa shape index (κ1) is 20.0. The van der Waals surface area contributed by atoms with Crippen LogP contribution >= 0.6 is 55.1 Å². The quantitative estimate of drug-likeness (QED) is 0.265. The van der Waals surface area contributed by atoms with Crippen molar-refractivity contribution < 1.29 is 19.1 Å². The highest BCUT2D eigenvalue weighted by Gasteiger charge is 2.36. The maximum atomic E-state index is 12.1. The summed E-state index contributed by atoms with van der Waals surface area (Å²) in [5.74, 6) is -1.61. The largest absolute Gasteiger partial charge is 0.488 e. The van der Waals surface area contributed by atoms with Crippen LogP contribution in [0, 0.1) is 0 Å². The number of ether oxygens (including phenoxy) is 2. The smallest absolute Gasteiger partial charge is 0.244 e. The normalized spacial score (nSPS) is 15.6. The van der Waals surface area contributed by atoms with Crippen molar-refractivity contribution in [2.75, 3.05) is 23.9 Å². The zero-order chi connectivity index (χ0) is 16.5. The third kappa shape index (κ3) is 5.55. The molecule has 0 bridgehead atoms. The summed E-state index contributed by atoms with van der Waals surface area (Å²) < 4.78 is 10.6. The number of Topliss-reactive ketones (excluding diaryl/α,β-unsaturated/α-hetero) is 2. The Kier molecular flexibility index (Phi) is 9.71. The van der Waals surface area contributed by atoms with E-state index in [2.05, 4.69) is 31.9 Å². The lowest BCUT2D eigenvalue weighted by Crippen LogP contribution is -2.23. The molecule has 0 unspecified atom stereocenters. The van der Waals surface area contributed by atoms with E-state index in [0.29, 0.717) is 13.2 Å². The zero-order valence-corrected chi connectivity index (χ0v) is 16.5. The monoisotopic (exact) mass is 476 g/mol. The Hall–Kier alpha value is -0.0400. The molecule has 0 aromatic carbocycles. The van der Waals surface area contributed by atoms with Gasteiger partial charge in [0.1, 0.15) is 10.1 Å². The number of allylic oxidation sites excluding steroid dienone is 2. The van der Waals surface area contributed by atoms with Crippen molar-refractivity contribution in [3.8, 4) is 0 Å². The summed E-state index contributed by atoms with van der Waals surface area (Å²) >= 11 is 18.5. The molecule has 22 heavy (non-hydrogen) atoms. The molecule has 0 aliphatic heterocycles. The lowest BCUT2D eigenvalue weighted by Gasteiger charge is -2.18. The molecule has 0 saturated heterocycles. The van der Waals surface area contributed by atoms with Crippen LogP contribution in [-0.2, 0) is 19.1 Å². The minimum atomic E-state index is -0.611. The molecule has 0 radical (unpaired) electrons. The fourth-order valence-electron chi connectivity index (χ4n) is 1.60. The third-order valence-corrected chi connectivity index (χ3v) is 4.57. The van der Waals surface area contributed by atoms with Gasteiger partial charge in [0.05, 0.1) is 13.2 Å². The van der Waals surface area contributed by atoms with E-state index in [1.807, 2.05) is 0 Å². The lowest BCUT2D eigenvalue weighted by atomic mass is 10.1. The van der Waals surface area contributed by atoms with Crippen molar-refractivity contribution in [1.29, 1.82) is 0 Å². The first-order valence-electron chi connectivity index (χ1n) is 6.81. The van der Waals surface area contributed by atoms with E-state index in [-0.39, 0.29) is 21.6 Å². The molecule has 8 heteroatoms. The number of ketones is 2. The molecule has 1 aliphatic carbocycles. The highest BCUT2D eigenvalue weighted by molar-refractivity contribution is 9.09. The van der Waals surface area contributed by atoms with Gasteiger partial charge >= 0.3 is 0 Å². The summed E-state index contributed by atoms with van der Waals surface area (Å²) in [4.78, 5) is 24.3. The minimum Gasteiger partial charge on any atom is -0.488 e. The maximum Gasteiger partial charge on any atom is 0.244 e. The predicted molar refractivity (Wildman–Crippen MR) is 93.7 cm³/mol. The van der Waals surface area contributed by atoms with E-state index in [1.165, 1.54) is 0 Å². The van der Waals surface area contributed by atoms with Gasteiger partial charge in [-0.1, -0.05) is 55.1 Å². The maximum absolute atomic E-state index is 12.1. The Labute approximate surface area is 156 Å². The molecule has 1 aliphatic rings. The molecule has 1 rings (SSSR count). The van der Waals surface area contributed by atoms with Crippen LogP contribution in [0.3, 0.4) is 0 Å². The molecule has 0 saturated carbocycles. The van der Waals surface area contributed by atoms with E-state index in [4.69, 9.17) is 32.7 Å². The van der Waals surface area contributed by atoms with Gasteiger partial charge in [0, 0.05) is 10.7 Å². The standard InChI is InChI=1S/C14H16Br2Cl2O4/c15-5-1-3-7-21-13-9(17)12(20)14(10(18)11(13)19)22-8-4-2-6-16/h1-8H2. The number of carbonyl (C=O) groups excluding carboxylic acids is 2. The van der Waals surface area contributed by atoms with Crippen molar-refractivity contribution in [2.45, 2.75) is 25.7 Å². The first-order valence-corrected chi connectivity index (χ1v) is 9.81. The second-order valence-electron chi connectivity index (χ2n) is 4.43. The second-order valence-corrected chi connectivity index (χ2v) is 6.78. The summed E-state index contributed by atoms with van der Waals surface area (Å²) in [5, 5.41) is 1.12. The van der Waals surface area contributed by atoms with Crippen LogP contribution in [0.2, 0.25) is 0 Å². The van der Waals surface area contributed by atoms with Crippen molar-refractivity contribution in [3.63, 3.8) is 0 Å². The van der Waals surface area contributed by atoms with Crippen LogP contribution in [0.15, 0.2) is 21.6 Å². The molecule has 0 N–H and O–H groups in total. The Morgan fingerprint density at radius 1 is 0.727 bits per heavy atom. The molecule has 0 atom stereocenters. The Bertz CT molecular complexity index is 445. The zero-order valence-electron chi connectivity index (χ0n) is 11.8. The van der Waals surface area contributed by atoms with Gasteiger partial charge in [0.25, 0.3) is 0 Å². The number of halogens is 4. The summed E-state index contributed by atoms with van der Waals surface area (Å²) in [5.41, 5.74) is 0. The molecular weight excluding hydrogens is 463 g/mol. The van der Waals surface area contributed by atoms with Gasteiger partial charge in [0.15, 0.2) is 11.5 Å². The van der Waals surface area contributed by atoms with Gasteiger partial charge in [-0.15, -0.1) is 0 Å². The van der Waals surface area contributed by atoms with Crippen LogP contribution in [0.1, 0.15) is 25.7 Å². The number of hydrogen-bond acceptors (Lipinski definition) is 4. The molecule has 0 heterocycles. The van der Waals surface area contributed by atoms with Gasteiger partial charge in [-0.3, -0.25) is 9.59 Å². The van der Waals surface area contributed by atoms with Gasteiger partial charge in [-0.25, -0.2) is 0 Å². The highest BCUT2D eigenvalue weighted by atomic mass is 79.9. The SMILES string of the molecule is O=C1C(Cl)=C(OCCCCBr)C(=O)C(Cl)=C1OCCCCBr. The van der Waals surface area contributed by atoms with Gasteiger partial charge < -0.3 is 9.47 Å². The van der Waals surface area contributed by atoms with E-state index < -0.39 is 11.6 Å². The molecule has 0 aromatic rings. The van der Waals surface area contributed by atoms with Crippen LogP contribution in [0.25, 0.3) is 0 Å². The Balaban J connectivity index is 2.71. The average molecular weight is 479 g/mol. The summed E-state index contributed by atoms with van der Waals surface area (Å²) in [7, 11) is 0. The van der Waals surface area contributed by atoms with E-state index in [1.54, 1.807) is 0 Å². The second kappa shape index (κ2) is 10.7. The minimum absolute atomic E-state index is 0.195. The number of unbranched alkanes of at least 4 members (excludes halogenated alkanes) is 2. The van der Waals surface area contributed by atoms with E-state index in [0.717, 1.165) is 36.3 Å².